The molecule has 0 aliphatic carbocycles. The highest BCUT2D eigenvalue weighted by Gasteiger charge is 2.32. The maximum absolute atomic E-state index is 15.2. The molecule has 0 bridgehead atoms. The highest BCUT2D eigenvalue weighted by atomic mass is 19.1. The van der Waals surface area contributed by atoms with E-state index in [-0.39, 0.29) is 34.8 Å². The summed E-state index contributed by atoms with van der Waals surface area (Å²) in [5, 5.41) is 10.3. The predicted octanol–water partition coefficient (Wildman–Crippen LogP) is 0.534. The van der Waals surface area contributed by atoms with E-state index in [0.717, 1.165) is 0 Å². The van der Waals surface area contributed by atoms with Crippen molar-refractivity contribution in [1.82, 2.24) is 4.68 Å². The van der Waals surface area contributed by atoms with Crippen molar-refractivity contribution in [2.45, 2.75) is 0 Å². The second-order valence-corrected chi connectivity index (χ2v) is 6.19. The molecule has 1 aromatic carbocycles. The molecule has 2 aliphatic rings. The second kappa shape index (κ2) is 6.20. The number of carboxylic acid groups (broad SMARTS) is 1. The fourth-order valence-electron chi connectivity index (χ4n) is 3.36. The van der Waals surface area contributed by atoms with Gasteiger partial charge in [-0.3, -0.25) is 14.5 Å². The van der Waals surface area contributed by atoms with Crippen LogP contribution in [0.5, 0.6) is 11.5 Å². The van der Waals surface area contributed by atoms with Gasteiger partial charge < -0.3 is 30.0 Å². The highest BCUT2D eigenvalue weighted by Crippen LogP contribution is 2.44. The maximum atomic E-state index is 15.2. The van der Waals surface area contributed by atoms with Gasteiger partial charge in [0.25, 0.3) is 0 Å². The van der Waals surface area contributed by atoms with Gasteiger partial charge in [0.2, 0.25) is 11.2 Å². The molecule has 0 amide bonds. The van der Waals surface area contributed by atoms with Crippen molar-refractivity contribution in [3.8, 4) is 11.5 Å². The van der Waals surface area contributed by atoms with Gasteiger partial charge in [0.05, 0.1) is 30.5 Å². The van der Waals surface area contributed by atoms with Gasteiger partial charge in [-0.25, -0.2) is 9.18 Å². The summed E-state index contributed by atoms with van der Waals surface area (Å²) in [6.07, 6.45) is -0.427. The molecule has 0 unspecified atom stereocenters. The zero-order valence-corrected chi connectivity index (χ0v) is 14.4. The van der Waals surface area contributed by atoms with Crippen LogP contribution in [-0.4, -0.2) is 56.0 Å². The number of nitrogens with zero attached hydrogens (tertiary/aromatic N) is 3. The van der Waals surface area contributed by atoms with E-state index in [9.17, 15) is 9.59 Å². The number of morpholine rings is 1. The molecule has 3 N–H and O–H groups in total. The number of aromatic nitrogens is 1. The molecular weight excluding hydrogens is 363 g/mol. The van der Waals surface area contributed by atoms with Crippen LogP contribution in [0.15, 0.2) is 11.0 Å². The molecule has 144 valence electrons. The van der Waals surface area contributed by atoms with E-state index in [1.54, 1.807) is 17.0 Å². The van der Waals surface area contributed by atoms with Crippen molar-refractivity contribution < 1.29 is 28.5 Å². The van der Waals surface area contributed by atoms with Crippen molar-refractivity contribution in [2.24, 2.45) is 0 Å². The van der Waals surface area contributed by atoms with E-state index in [4.69, 9.17) is 20.3 Å². The van der Waals surface area contributed by atoms with Gasteiger partial charge in [-0.05, 0) is 0 Å². The Morgan fingerprint density at radius 1 is 1.37 bits per heavy atom. The Kier molecular flexibility index (Phi) is 3.95. The number of rotatable bonds is 2. The molecule has 0 spiro atoms. The van der Waals surface area contributed by atoms with Crippen molar-refractivity contribution in [3.63, 3.8) is 0 Å². The number of hydrogen-bond donors (Lipinski definition) is 2. The minimum absolute atomic E-state index is 0.0538. The average molecular weight is 380 g/mol. The summed E-state index contributed by atoms with van der Waals surface area (Å²) < 4.78 is 32.3. The summed E-state index contributed by atoms with van der Waals surface area (Å²) >= 11 is 0. The zero-order chi connectivity index (χ0) is 19.3. The summed E-state index contributed by atoms with van der Waals surface area (Å²) in [6.45, 7) is 1.79. The number of nitrogen functional groups attached to an aromatic ring is 1. The lowest BCUT2D eigenvalue weighted by Crippen LogP contribution is -2.41. The first-order chi connectivity index (χ1) is 12.9. The lowest BCUT2D eigenvalue weighted by atomic mass is 10.1. The molecule has 3 heterocycles. The van der Waals surface area contributed by atoms with E-state index in [1.165, 1.54) is 10.9 Å². The normalized spacial score (nSPS) is 16.4. The van der Waals surface area contributed by atoms with E-state index < -0.39 is 23.2 Å². The van der Waals surface area contributed by atoms with Crippen molar-refractivity contribution >= 4 is 28.4 Å². The number of nitrogens with two attached hydrogens (primary N) is 1. The number of ether oxygens (including phenoxy) is 3. The fraction of sp³-hybridized carbons (Fsp3) is 0.375. The smallest absolute Gasteiger partial charge is 0.467 e. The van der Waals surface area contributed by atoms with E-state index in [2.05, 4.69) is 4.74 Å². The third-order valence-corrected chi connectivity index (χ3v) is 4.59. The van der Waals surface area contributed by atoms with Gasteiger partial charge in [-0.2, -0.15) is 0 Å². The average Bonchev–Trinajstić information content (AvgIpc) is 2.64. The van der Waals surface area contributed by atoms with Crippen LogP contribution in [0, 0.1) is 5.82 Å². The molecule has 4 rings (SSSR count). The monoisotopic (exact) mass is 380 g/mol. The molecule has 1 saturated heterocycles. The van der Waals surface area contributed by atoms with Crippen LogP contribution in [-0.2, 0) is 4.74 Å². The highest BCUT2D eigenvalue weighted by molar-refractivity contribution is 6.01. The fourth-order valence-corrected chi connectivity index (χ4v) is 3.36. The SMILES string of the molecule is CN1COc2c(N3CCOCC3)c(F)c(N)c3c(=O)c(OC(=O)O)cn1c23. The van der Waals surface area contributed by atoms with Gasteiger partial charge in [-0.15, -0.1) is 0 Å². The van der Waals surface area contributed by atoms with E-state index in [1.807, 2.05) is 0 Å². The summed E-state index contributed by atoms with van der Waals surface area (Å²) in [5.41, 5.74) is 5.17. The molecule has 2 aliphatic heterocycles. The van der Waals surface area contributed by atoms with Gasteiger partial charge in [0.15, 0.2) is 18.3 Å². The minimum Gasteiger partial charge on any atom is -0.467 e. The maximum Gasteiger partial charge on any atom is 0.511 e. The molecular formula is C16H17FN4O6. The number of benzene rings is 1. The zero-order valence-electron chi connectivity index (χ0n) is 14.4. The molecule has 0 atom stereocenters. The lowest BCUT2D eigenvalue weighted by molar-refractivity contribution is 0.122. The van der Waals surface area contributed by atoms with Crippen LogP contribution < -0.4 is 30.5 Å². The molecule has 1 fully saturated rings. The lowest BCUT2D eigenvalue weighted by Gasteiger charge is -2.36. The van der Waals surface area contributed by atoms with Crippen molar-refractivity contribution in [2.75, 3.05) is 55.7 Å². The van der Waals surface area contributed by atoms with Crippen LogP contribution >= 0.6 is 0 Å². The first-order valence-electron chi connectivity index (χ1n) is 8.18. The predicted molar refractivity (Wildman–Crippen MR) is 93.9 cm³/mol. The first-order valence-corrected chi connectivity index (χ1v) is 8.18. The van der Waals surface area contributed by atoms with Crippen molar-refractivity contribution in [3.05, 3.63) is 22.2 Å². The molecule has 11 heteroatoms. The third kappa shape index (κ3) is 2.58. The quantitative estimate of drug-likeness (QED) is 0.568. The van der Waals surface area contributed by atoms with Crippen LogP contribution in [0.25, 0.3) is 10.9 Å². The third-order valence-electron chi connectivity index (χ3n) is 4.59. The Morgan fingerprint density at radius 3 is 2.74 bits per heavy atom. The molecule has 27 heavy (non-hydrogen) atoms. The van der Waals surface area contributed by atoms with Gasteiger partial charge in [0, 0.05) is 20.1 Å². The van der Waals surface area contributed by atoms with Crippen LogP contribution in [0.4, 0.5) is 20.6 Å². The Balaban J connectivity index is 2.07. The Hall–Kier alpha value is -3.21. The molecule has 10 nitrogen and oxygen atoms in total. The Labute approximate surface area is 152 Å². The van der Waals surface area contributed by atoms with Gasteiger partial charge in [-0.1, -0.05) is 0 Å². The first kappa shape index (κ1) is 17.2. The van der Waals surface area contributed by atoms with Crippen LogP contribution in [0.3, 0.4) is 0 Å². The topological polar surface area (TPSA) is 119 Å². The summed E-state index contributed by atoms with van der Waals surface area (Å²) in [5.74, 6) is -1.09. The largest absolute Gasteiger partial charge is 0.511 e. The van der Waals surface area contributed by atoms with Crippen LogP contribution in [0.2, 0.25) is 0 Å². The second-order valence-electron chi connectivity index (χ2n) is 6.19. The molecule has 2 aromatic rings. The van der Waals surface area contributed by atoms with Gasteiger partial charge in [0.1, 0.15) is 11.2 Å². The summed E-state index contributed by atoms with van der Waals surface area (Å²) in [7, 11) is 1.66. The van der Waals surface area contributed by atoms with E-state index >= 15 is 4.39 Å². The molecule has 0 saturated carbocycles. The van der Waals surface area contributed by atoms with Gasteiger partial charge >= 0.3 is 6.16 Å². The summed E-state index contributed by atoms with van der Waals surface area (Å²) in [4.78, 5) is 25.4. The number of carbonyl (C=O) groups is 1. The molecule has 0 radical (unpaired) electrons. The Morgan fingerprint density at radius 2 is 2.07 bits per heavy atom. The standard InChI is InChI=1S/C16H17FN4O6/c1-19-7-26-15-12-9(14(22)8(6-21(12)19)27-16(23)24)11(18)10(17)13(15)20-2-4-25-5-3-20/h6H,2-5,7,18H2,1H3,(H,23,24). The number of hydrogen-bond acceptors (Lipinski definition) is 8. The number of pyridine rings is 1. The Bertz CT molecular complexity index is 1000. The number of halogens is 1. The minimum atomic E-state index is -1.65. The van der Waals surface area contributed by atoms with E-state index in [0.29, 0.717) is 26.3 Å². The summed E-state index contributed by atoms with van der Waals surface area (Å²) in [6, 6.07) is 0. The molecule has 1 aromatic heterocycles. The van der Waals surface area contributed by atoms with Crippen LogP contribution in [0.1, 0.15) is 0 Å². The number of anilines is 2. The van der Waals surface area contributed by atoms with Crippen molar-refractivity contribution in [1.29, 1.82) is 0 Å².